The Kier molecular flexibility index (Phi) is 3.47. The lowest BCUT2D eigenvalue weighted by Gasteiger charge is -2.10. The molecule has 0 fully saturated rings. The van der Waals surface area contributed by atoms with Gasteiger partial charge in [-0.3, -0.25) is 4.57 Å². The van der Waals surface area contributed by atoms with Crippen LogP contribution in [0.5, 0.6) is 0 Å². The number of rotatable bonds is 2. The predicted molar refractivity (Wildman–Crippen MR) is 81.6 cm³/mol. The zero-order valence-corrected chi connectivity index (χ0v) is 12.2. The number of aryl methyl sites for hydroxylation is 1. The summed E-state index contributed by atoms with van der Waals surface area (Å²) >= 11 is 12.2. The van der Waals surface area contributed by atoms with Crippen LogP contribution in [0.3, 0.4) is 0 Å². The minimum Gasteiger partial charge on any atom is -0.281 e. The topological polar surface area (TPSA) is 30.7 Å². The molecule has 3 aromatic rings. The maximum atomic E-state index is 6.27. The van der Waals surface area contributed by atoms with Gasteiger partial charge in [0.2, 0.25) is 0 Å². The van der Waals surface area contributed by atoms with Gasteiger partial charge < -0.3 is 0 Å². The van der Waals surface area contributed by atoms with Crippen molar-refractivity contribution in [1.29, 1.82) is 0 Å². The first kappa shape index (κ1) is 13.2. The summed E-state index contributed by atoms with van der Waals surface area (Å²) in [5.74, 6) is 1.56. The van der Waals surface area contributed by atoms with E-state index < -0.39 is 0 Å². The summed E-state index contributed by atoms with van der Waals surface area (Å²) in [4.78, 5) is 8.82. The average Bonchev–Trinajstić information content (AvgIpc) is 2.81. The van der Waals surface area contributed by atoms with Crippen molar-refractivity contribution >= 4 is 23.2 Å². The first-order valence-electron chi connectivity index (χ1n) is 6.08. The predicted octanol–water partition coefficient (Wildman–Crippen LogP) is 4.55. The first-order valence-corrected chi connectivity index (χ1v) is 6.83. The van der Waals surface area contributed by atoms with E-state index >= 15 is 0 Å². The van der Waals surface area contributed by atoms with Gasteiger partial charge in [-0.15, -0.1) is 0 Å². The van der Waals surface area contributed by atoms with Crippen LogP contribution >= 0.6 is 23.2 Å². The van der Waals surface area contributed by atoms with Crippen LogP contribution in [0.4, 0.5) is 0 Å². The minimum atomic E-state index is 0.570. The Morgan fingerprint density at radius 3 is 2.60 bits per heavy atom. The molecule has 0 spiro atoms. The lowest BCUT2D eigenvalue weighted by atomic mass is 10.2. The van der Waals surface area contributed by atoms with Gasteiger partial charge in [0.25, 0.3) is 0 Å². The monoisotopic (exact) mass is 303 g/mol. The molecule has 0 N–H and O–H groups in total. The molecule has 0 unspecified atom stereocenters. The van der Waals surface area contributed by atoms with Crippen molar-refractivity contribution in [2.75, 3.05) is 0 Å². The Labute approximate surface area is 126 Å². The number of hydrogen-bond acceptors (Lipinski definition) is 2. The van der Waals surface area contributed by atoms with Crippen molar-refractivity contribution in [3.63, 3.8) is 0 Å². The summed E-state index contributed by atoms with van der Waals surface area (Å²) < 4.78 is 1.97. The van der Waals surface area contributed by atoms with Crippen molar-refractivity contribution in [3.05, 3.63) is 64.5 Å². The SMILES string of the molecule is Cc1cnc(-c2ccc(Cl)cc2Cl)n1-c1ccccn1. The van der Waals surface area contributed by atoms with Crippen LogP contribution in [0.15, 0.2) is 48.8 Å². The van der Waals surface area contributed by atoms with E-state index in [-0.39, 0.29) is 0 Å². The highest BCUT2D eigenvalue weighted by Gasteiger charge is 2.14. The highest BCUT2D eigenvalue weighted by molar-refractivity contribution is 6.36. The van der Waals surface area contributed by atoms with E-state index in [2.05, 4.69) is 9.97 Å². The van der Waals surface area contributed by atoms with Crippen LogP contribution in [0.1, 0.15) is 5.69 Å². The molecule has 3 nitrogen and oxygen atoms in total. The zero-order chi connectivity index (χ0) is 14.1. The molecule has 0 saturated heterocycles. The van der Waals surface area contributed by atoms with E-state index in [9.17, 15) is 0 Å². The molecule has 5 heteroatoms. The summed E-state index contributed by atoms with van der Waals surface area (Å²) in [7, 11) is 0. The second kappa shape index (κ2) is 5.27. The number of halogens is 2. The van der Waals surface area contributed by atoms with E-state index in [1.807, 2.05) is 35.8 Å². The Morgan fingerprint density at radius 2 is 1.90 bits per heavy atom. The smallest absolute Gasteiger partial charge is 0.147 e. The van der Waals surface area contributed by atoms with E-state index in [1.165, 1.54) is 0 Å². The van der Waals surface area contributed by atoms with E-state index in [0.717, 1.165) is 22.9 Å². The van der Waals surface area contributed by atoms with Gasteiger partial charge in [-0.2, -0.15) is 0 Å². The van der Waals surface area contributed by atoms with Crippen molar-refractivity contribution in [3.8, 4) is 17.2 Å². The summed E-state index contributed by atoms with van der Waals surface area (Å²) in [5.41, 5.74) is 1.82. The van der Waals surface area contributed by atoms with Gasteiger partial charge in [0.05, 0.1) is 5.02 Å². The molecule has 0 aliphatic carbocycles. The second-order valence-corrected chi connectivity index (χ2v) is 5.21. The standard InChI is InChI=1S/C15H11Cl2N3/c1-10-9-19-15(12-6-5-11(16)8-13(12)17)20(10)14-4-2-3-7-18-14/h2-9H,1H3. The number of aromatic nitrogens is 3. The van der Waals surface area contributed by atoms with Crippen LogP contribution in [0.2, 0.25) is 10.0 Å². The normalized spacial score (nSPS) is 10.8. The number of imidazole rings is 1. The molecular formula is C15H11Cl2N3. The average molecular weight is 304 g/mol. The lowest BCUT2D eigenvalue weighted by Crippen LogP contribution is -2.01. The molecule has 0 bridgehead atoms. The Balaban J connectivity index is 2.21. The van der Waals surface area contributed by atoms with E-state index in [0.29, 0.717) is 10.0 Å². The zero-order valence-electron chi connectivity index (χ0n) is 10.7. The van der Waals surface area contributed by atoms with Gasteiger partial charge in [0.1, 0.15) is 11.6 Å². The second-order valence-electron chi connectivity index (χ2n) is 4.37. The van der Waals surface area contributed by atoms with Crippen molar-refractivity contribution in [1.82, 2.24) is 14.5 Å². The highest BCUT2D eigenvalue weighted by atomic mass is 35.5. The molecule has 0 amide bonds. The van der Waals surface area contributed by atoms with Crippen LogP contribution in [0.25, 0.3) is 17.2 Å². The summed E-state index contributed by atoms with van der Waals surface area (Å²) in [6.45, 7) is 1.98. The number of benzene rings is 1. The van der Waals surface area contributed by atoms with Crippen LogP contribution in [-0.4, -0.2) is 14.5 Å². The third-order valence-electron chi connectivity index (χ3n) is 2.99. The minimum absolute atomic E-state index is 0.570. The fraction of sp³-hybridized carbons (Fsp3) is 0.0667. The largest absolute Gasteiger partial charge is 0.281 e. The van der Waals surface area contributed by atoms with Crippen molar-refractivity contribution in [2.24, 2.45) is 0 Å². The molecule has 2 heterocycles. The van der Waals surface area contributed by atoms with E-state index in [4.69, 9.17) is 23.2 Å². The van der Waals surface area contributed by atoms with Crippen molar-refractivity contribution < 1.29 is 0 Å². The van der Waals surface area contributed by atoms with Crippen molar-refractivity contribution in [2.45, 2.75) is 6.92 Å². The third kappa shape index (κ3) is 2.30. The third-order valence-corrected chi connectivity index (χ3v) is 3.54. The maximum absolute atomic E-state index is 6.27. The summed E-state index contributed by atoms with van der Waals surface area (Å²) in [6, 6.07) is 11.1. The Hall–Kier alpha value is -1.84. The summed E-state index contributed by atoms with van der Waals surface area (Å²) in [6.07, 6.45) is 3.55. The van der Waals surface area contributed by atoms with Crippen LogP contribution < -0.4 is 0 Å². The molecule has 0 aliphatic rings. The molecule has 20 heavy (non-hydrogen) atoms. The highest BCUT2D eigenvalue weighted by Crippen LogP contribution is 2.31. The Morgan fingerprint density at radius 1 is 1.05 bits per heavy atom. The fourth-order valence-corrected chi connectivity index (χ4v) is 2.57. The molecule has 0 atom stereocenters. The molecule has 3 rings (SSSR count). The maximum Gasteiger partial charge on any atom is 0.147 e. The number of pyridine rings is 1. The van der Waals surface area contributed by atoms with Gasteiger partial charge >= 0.3 is 0 Å². The molecule has 100 valence electrons. The van der Waals surface area contributed by atoms with E-state index in [1.54, 1.807) is 24.5 Å². The molecule has 0 radical (unpaired) electrons. The van der Waals surface area contributed by atoms with Gasteiger partial charge in [-0.05, 0) is 37.3 Å². The molecule has 0 aliphatic heterocycles. The van der Waals surface area contributed by atoms with Crippen LogP contribution in [0, 0.1) is 6.92 Å². The van der Waals surface area contributed by atoms with Gasteiger partial charge in [0, 0.05) is 28.7 Å². The van der Waals surface area contributed by atoms with Gasteiger partial charge in [0.15, 0.2) is 0 Å². The quantitative estimate of drug-likeness (QED) is 0.695. The summed E-state index contributed by atoms with van der Waals surface area (Å²) in [5, 5.41) is 1.17. The van der Waals surface area contributed by atoms with Gasteiger partial charge in [-0.25, -0.2) is 9.97 Å². The first-order chi connectivity index (χ1) is 9.66. The number of nitrogens with zero attached hydrogens (tertiary/aromatic N) is 3. The Bertz CT molecular complexity index is 751. The van der Waals surface area contributed by atoms with Gasteiger partial charge in [-0.1, -0.05) is 29.3 Å². The fourth-order valence-electron chi connectivity index (χ4n) is 2.07. The molecule has 0 saturated carbocycles. The molecule has 1 aromatic carbocycles. The molecular weight excluding hydrogens is 293 g/mol. The lowest BCUT2D eigenvalue weighted by molar-refractivity contribution is 0.962. The van der Waals surface area contributed by atoms with Crippen LogP contribution in [-0.2, 0) is 0 Å². The molecule has 2 aromatic heterocycles. The number of hydrogen-bond donors (Lipinski definition) is 0.